The molecular formula is C13H19ClIN3O. The highest BCUT2D eigenvalue weighted by molar-refractivity contribution is 14.0. The van der Waals surface area contributed by atoms with E-state index in [1.54, 1.807) is 19.1 Å². The zero-order chi connectivity index (χ0) is 13.2. The normalized spacial score (nSPS) is 17.5. The third-order valence-corrected chi connectivity index (χ3v) is 3.33. The van der Waals surface area contributed by atoms with Crippen LogP contribution >= 0.6 is 35.6 Å². The number of aliphatic hydroxyl groups is 1. The molecule has 4 nitrogen and oxygen atoms in total. The number of hydrogen-bond donors (Lipinski definition) is 2. The molecule has 0 bridgehead atoms. The Balaban J connectivity index is 0.00000180. The molecule has 1 aliphatic heterocycles. The Morgan fingerprint density at radius 3 is 2.84 bits per heavy atom. The molecule has 2 rings (SSSR count). The molecule has 1 aliphatic rings. The first-order chi connectivity index (χ1) is 8.49. The van der Waals surface area contributed by atoms with Gasteiger partial charge in [0.15, 0.2) is 5.96 Å². The summed E-state index contributed by atoms with van der Waals surface area (Å²) in [4.78, 5) is 6.36. The van der Waals surface area contributed by atoms with E-state index < -0.39 is 5.60 Å². The zero-order valence-corrected chi connectivity index (χ0v) is 14.1. The molecular weight excluding hydrogens is 377 g/mol. The Kier molecular flexibility index (Phi) is 5.88. The summed E-state index contributed by atoms with van der Waals surface area (Å²) in [5.41, 5.74) is -0.180. The molecule has 1 heterocycles. The number of guanidine groups is 1. The maximum Gasteiger partial charge on any atom is 0.193 e. The van der Waals surface area contributed by atoms with Crippen molar-refractivity contribution < 1.29 is 5.11 Å². The second kappa shape index (κ2) is 6.76. The van der Waals surface area contributed by atoms with Gasteiger partial charge in [-0.2, -0.15) is 0 Å². The predicted octanol–water partition coefficient (Wildman–Crippen LogP) is 2.06. The van der Waals surface area contributed by atoms with Crippen molar-refractivity contribution in [2.75, 3.05) is 26.7 Å². The fourth-order valence-electron chi connectivity index (χ4n) is 1.90. The summed E-state index contributed by atoms with van der Waals surface area (Å²) in [5, 5.41) is 14.3. The van der Waals surface area contributed by atoms with Gasteiger partial charge >= 0.3 is 0 Å². The highest BCUT2D eigenvalue weighted by Gasteiger charge is 2.24. The van der Waals surface area contributed by atoms with E-state index in [4.69, 9.17) is 11.6 Å². The molecule has 0 saturated carbocycles. The number of likely N-dealkylation sites (N-methyl/N-ethyl adjacent to an activating group) is 1. The van der Waals surface area contributed by atoms with Crippen LogP contribution in [0.15, 0.2) is 29.3 Å². The van der Waals surface area contributed by atoms with Crippen molar-refractivity contribution >= 4 is 41.5 Å². The molecule has 2 N–H and O–H groups in total. The van der Waals surface area contributed by atoms with Crippen molar-refractivity contribution in [2.24, 2.45) is 4.99 Å². The van der Waals surface area contributed by atoms with Crippen LogP contribution in [0.5, 0.6) is 0 Å². The van der Waals surface area contributed by atoms with Crippen molar-refractivity contribution in [2.45, 2.75) is 12.5 Å². The fourth-order valence-corrected chi connectivity index (χ4v) is 2.09. The van der Waals surface area contributed by atoms with E-state index in [0.717, 1.165) is 24.6 Å². The van der Waals surface area contributed by atoms with Crippen LogP contribution in [0.2, 0.25) is 5.02 Å². The molecule has 1 unspecified atom stereocenters. The van der Waals surface area contributed by atoms with Crippen molar-refractivity contribution in [3.8, 4) is 0 Å². The van der Waals surface area contributed by atoms with Crippen LogP contribution in [0.3, 0.4) is 0 Å². The number of nitrogens with one attached hydrogen (secondary N) is 1. The summed E-state index contributed by atoms with van der Waals surface area (Å²) >= 11 is 5.94. The van der Waals surface area contributed by atoms with E-state index in [9.17, 15) is 5.11 Å². The van der Waals surface area contributed by atoms with Crippen LogP contribution in [-0.2, 0) is 5.60 Å². The number of benzene rings is 1. The van der Waals surface area contributed by atoms with E-state index in [0.29, 0.717) is 11.6 Å². The first-order valence-electron chi connectivity index (χ1n) is 5.97. The second-order valence-corrected chi connectivity index (χ2v) is 5.20. The molecule has 0 amide bonds. The van der Waals surface area contributed by atoms with Crippen molar-refractivity contribution in [3.05, 3.63) is 34.9 Å². The van der Waals surface area contributed by atoms with Gasteiger partial charge in [0.2, 0.25) is 0 Å². The zero-order valence-electron chi connectivity index (χ0n) is 11.1. The molecule has 106 valence electrons. The van der Waals surface area contributed by atoms with Crippen molar-refractivity contribution in [1.82, 2.24) is 10.2 Å². The van der Waals surface area contributed by atoms with Crippen LogP contribution in [0.4, 0.5) is 0 Å². The maximum atomic E-state index is 10.5. The molecule has 1 aromatic carbocycles. The van der Waals surface area contributed by atoms with Gasteiger partial charge in [-0.25, -0.2) is 0 Å². The number of rotatable bonds is 3. The van der Waals surface area contributed by atoms with Gasteiger partial charge in [-0.15, -0.1) is 24.0 Å². The Morgan fingerprint density at radius 2 is 2.26 bits per heavy atom. The van der Waals surface area contributed by atoms with Gasteiger partial charge in [0.1, 0.15) is 5.60 Å². The maximum absolute atomic E-state index is 10.5. The summed E-state index contributed by atoms with van der Waals surface area (Å²) in [6.07, 6.45) is 0. The summed E-state index contributed by atoms with van der Waals surface area (Å²) in [6.45, 7) is 3.89. The monoisotopic (exact) mass is 395 g/mol. The Bertz CT molecular complexity index is 465. The van der Waals surface area contributed by atoms with Gasteiger partial charge < -0.3 is 15.3 Å². The van der Waals surface area contributed by atoms with Crippen LogP contribution in [0.1, 0.15) is 12.5 Å². The fraction of sp³-hybridized carbons (Fsp3) is 0.462. The second-order valence-electron chi connectivity index (χ2n) is 4.76. The van der Waals surface area contributed by atoms with E-state index in [-0.39, 0.29) is 24.0 Å². The van der Waals surface area contributed by atoms with Gasteiger partial charge in [0.25, 0.3) is 0 Å². The molecule has 1 aromatic rings. The standard InChI is InChI=1S/C13H18ClN3O.HI/c1-13(18,10-4-3-5-11(14)8-10)9-16-12-15-6-7-17(12)2;/h3-5,8,18H,6-7,9H2,1-2H3,(H,15,16);1H. The Hall–Kier alpha value is -0.530. The smallest absolute Gasteiger partial charge is 0.193 e. The average molecular weight is 396 g/mol. The lowest BCUT2D eigenvalue weighted by Gasteiger charge is -2.26. The number of aliphatic imine (C=N–C) groups is 1. The van der Waals surface area contributed by atoms with Crippen LogP contribution in [0, 0.1) is 0 Å². The number of halogens is 2. The Labute approximate surface area is 135 Å². The minimum Gasteiger partial charge on any atom is -0.384 e. The van der Waals surface area contributed by atoms with Gasteiger partial charge in [-0.3, -0.25) is 4.99 Å². The summed E-state index contributed by atoms with van der Waals surface area (Å²) in [7, 11) is 1.98. The molecule has 0 radical (unpaired) electrons. The molecule has 19 heavy (non-hydrogen) atoms. The lowest BCUT2D eigenvalue weighted by molar-refractivity contribution is 0.0613. The van der Waals surface area contributed by atoms with E-state index in [1.807, 2.05) is 24.1 Å². The molecule has 0 aromatic heterocycles. The molecule has 1 atom stereocenters. The van der Waals surface area contributed by atoms with E-state index >= 15 is 0 Å². The number of hydrogen-bond acceptors (Lipinski definition) is 4. The minimum absolute atomic E-state index is 0. The van der Waals surface area contributed by atoms with E-state index in [2.05, 4.69) is 10.3 Å². The first-order valence-corrected chi connectivity index (χ1v) is 6.35. The Morgan fingerprint density at radius 1 is 1.53 bits per heavy atom. The number of nitrogens with zero attached hydrogens (tertiary/aromatic N) is 2. The van der Waals surface area contributed by atoms with Gasteiger partial charge in [-0.1, -0.05) is 23.7 Å². The minimum atomic E-state index is -0.975. The predicted molar refractivity (Wildman–Crippen MR) is 89.4 cm³/mol. The lowest BCUT2D eigenvalue weighted by Crippen LogP contribution is -2.43. The largest absolute Gasteiger partial charge is 0.384 e. The lowest BCUT2D eigenvalue weighted by atomic mass is 9.96. The highest BCUT2D eigenvalue weighted by atomic mass is 127. The quantitative estimate of drug-likeness (QED) is 0.770. The summed E-state index contributed by atoms with van der Waals surface area (Å²) in [5.74, 6) is 0.831. The van der Waals surface area contributed by atoms with E-state index in [1.165, 1.54) is 0 Å². The third kappa shape index (κ3) is 4.22. The van der Waals surface area contributed by atoms with Gasteiger partial charge in [0, 0.05) is 18.6 Å². The summed E-state index contributed by atoms with van der Waals surface area (Å²) < 4.78 is 0. The van der Waals surface area contributed by atoms with Gasteiger partial charge in [-0.05, 0) is 24.6 Å². The van der Waals surface area contributed by atoms with Crippen molar-refractivity contribution in [3.63, 3.8) is 0 Å². The molecule has 0 fully saturated rings. The van der Waals surface area contributed by atoms with Crippen LogP contribution in [-0.4, -0.2) is 42.6 Å². The molecule has 0 aliphatic carbocycles. The molecule has 0 spiro atoms. The van der Waals surface area contributed by atoms with Gasteiger partial charge in [0.05, 0.1) is 13.1 Å². The average Bonchev–Trinajstić information content (AvgIpc) is 2.72. The SMILES string of the molecule is CN1CCN=C1NCC(C)(O)c1cccc(Cl)c1.I. The molecule has 6 heteroatoms. The van der Waals surface area contributed by atoms with Crippen LogP contribution in [0.25, 0.3) is 0 Å². The topological polar surface area (TPSA) is 47.9 Å². The van der Waals surface area contributed by atoms with Crippen molar-refractivity contribution in [1.29, 1.82) is 0 Å². The third-order valence-electron chi connectivity index (χ3n) is 3.10. The first kappa shape index (κ1) is 16.5. The van der Waals surface area contributed by atoms with Crippen LogP contribution < -0.4 is 5.32 Å². The highest BCUT2D eigenvalue weighted by Crippen LogP contribution is 2.22. The molecule has 0 saturated heterocycles. The summed E-state index contributed by atoms with van der Waals surface area (Å²) in [6, 6.07) is 7.28.